The van der Waals surface area contributed by atoms with Crippen molar-refractivity contribution in [3.63, 3.8) is 0 Å². The molecule has 0 aromatic heterocycles. The molecule has 0 aliphatic carbocycles. The van der Waals surface area contributed by atoms with Crippen LogP contribution in [0.15, 0.2) is 18.2 Å². The van der Waals surface area contributed by atoms with Gasteiger partial charge in [0.1, 0.15) is 5.75 Å². The van der Waals surface area contributed by atoms with E-state index in [2.05, 4.69) is 12.3 Å². The summed E-state index contributed by atoms with van der Waals surface area (Å²) in [5.41, 5.74) is 10.3. The first-order valence-electron chi connectivity index (χ1n) is 4.61. The topological polar surface area (TPSA) is 73.3 Å². The minimum Gasteiger partial charge on any atom is -0.496 e. The summed E-state index contributed by atoms with van der Waals surface area (Å²) in [7, 11) is 1.66. The molecule has 0 amide bonds. The molecule has 1 rings (SSSR count). The number of hydrogen-bond donors (Lipinski definition) is 3. The van der Waals surface area contributed by atoms with E-state index in [9.17, 15) is 0 Å². The summed E-state index contributed by atoms with van der Waals surface area (Å²) in [6, 6.07) is 5.82. The lowest BCUT2D eigenvalue weighted by Crippen LogP contribution is -2.34. The molecule has 0 spiro atoms. The molecule has 0 radical (unpaired) electrons. The largest absolute Gasteiger partial charge is 0.496 e. The number of benzene rings is 1. The van der Waals surface area contributed by atoms with Crippen LogP contribution in [0.3, 0.4) is 0 Å². The van der Waals surface area contributed by atoms with E-state index in [1.807, 2.05) is 18.2 Å². The predicted octanol–water partition coefficient (Wildman–Crippen LogP) is 0.678. The lowest BCUT2D eigenvalue weighted by atomic mass is 10.1. The molecule has 4 heteroatoms. The van der Waals surface area contributed by atoms with Gasteiger partial charge in [-0.25, -0.2) is 5.43 Å². The van der Waals surface area contributed by atoms with Crippen molar-refractivity contribution in [1.82, 2.24) is 5.43 Å². The minimum absolute atomic E-state index is 0.328. The Kier molecular flexibility index (Phi) is 3.88. The third-order valence-electron chi connectivity index (χ3n) is 2.22. The Morgan fingerprint density at radius 1 is 1.50 bits per heavy atom. The van der Waals surface area contributed by atoms with Gasteiger partial charge in [0, 0.05) is 0 Å². The molecule has 0 aliphatic heterocycles. The summed E-state index contributed by atoms with van der Waals surface area (Å²) < 4.78 is 5.21. The van der Waals surface area contributed by atoms with Gasteiger partial charge in [0.2, 0.25) is 0 Å². The molecule has 1 unspecified atom stereocenters. The second-order valence-corrected chi connectivity index (χ2v) is 3.07. The lowest BCUT2D eigenvalue weighted by Gasteiger charge is -2.13. The molecule has 78 valence electrons. The van der Waals surface area contributed by atoms with Gasteiger partial charge in [-0.3, -0.25) is 5.84 Å². The molecular weight excluding hydrogens is 178 g/mol. The quantitative estimate of drug-likeness (QED) is 0.375. The Morgan fingerprint density at radius 3 is 2.71 bits per heavy atom. The van der Waals surface area contributed by atoms with Gasteiger partial charge in [0.05, 0.1) is 13.3 Å². The first kappa shape index (κ1) is 11.0. The average Bonchev–Trinajstić information content (AvgIpc) is 2.26. The molecule has 0 heterocycles. The van der Waals surface area contributed by atoms with E-state index in [1.54, 1.807) is 7.11 Å². The average molecular weight is 195 g/mol. The van der Waals surface area contributed by atoms with Crippen LogP contribution in [0.5, 0.6) is 5.75 Å². The first-order valence-corrected chi connectivity index (χ1v) is 4.61. The molecule has 0 saturated heterocycles. The zero-order chi connectivity index (χ0) is 10.6. The smallest absolute Gasteiger partial charge is 0.122 e. The van der Waals surface area contributed by atoms with E-state index in [-0.39, 0.29) is 6.17 Å². The zero-order valence-electron chi connectivity index (χ0n) is 8.58. The van der Waals surface area contributed by atoms with Crippen LogP contribution in [-0.2, 0) is 6.42 Å². The lowest BCUT2D eigenvalue weighted by molar-refractivity contribution is 0.409. The van der Waals surface area contributed by atoms with Crippen LogP contribution in [0.25, 0.3) is 0 Å². The third kappa shape index (κ3) is 2.23. The van der Waals surface area contributed by atoms with E-state index in [0.717, 1.165) is 23.3 Å². The van der Waals surface area contributed by atoms with Gasteiger partial charge in [-0.1, -0.05) is 13.0 Å². The van der Waals surface area contributed by atoms with Crippen molar-refractivity contribution in [2.24, 2.45) is 11.6 Å². The Hall–Kier alpha value is -1.10. The highest BCUT2D eigenvalue weighted by molar-refractivity contribution is 5.38. The van der Waals surface area contributed by atoms with E-state index < -0.39 is 0 Å². The van der Waals surface area contributed by atoms with Gasteiger partial charge in [-0.15, -0.1) is 0 Å². The van der Waals surface area contributed by atoms with Gasteiger partial charge in [-0.2, -0.15) is 0 Å². The number of aryl methyl sites for hydroxylation is 1. The summed E-state index contributed by atoms with van der Waals surface area (Å²) in [5.74, 6) is 6.15. The molecule has 0 aliphatic rings. The zero-order valence-corrected chi connectivity index (χ0v) is 8.58. The van der Waals surface area contributed by atoms with Crippen molar-refractivity contribution in [3.05, 3.63) is 29.3 Å². The highest BCUT2D eigenvalue weighted by Crippen LogP contribution is 2.21. The van der Waals surface area contributed by atoms with Crippen molar-refractivity contribution in [3.8, 4) is 5.75 Å². The molecule has 0 fully saturated rings. The second kappa shape index (κ2) is 4.95. The summed E-state index contributed by atoms with van der Waals surface area (Å²) in [4.78, 5) is 0. The minimum atomic E-state index is -0.328. The fourth-order valence-corrected chi connectivity index (χ4v) is 1.36. The summed E-state index contributed by atoms with van der Waals surface area (Å²) in [6.07, 6.45) is 0.583. The van der Waals surface area contributed by atoms with Crippen LogP contribution in [0.4, 0.5) is 0 Å². The van der Waals surface area contributed by atoms with Gasteiger partial charge >= 0.3 is 0 Å². The van der Waals surface area contributed by atoms with Crippen LogP contribution < -0.4 is 21.7 Å². The van der Waals surface area contributed by atoms with Crippen molar-refractivity contribution < 1.29 is 4.74 Å². The fourth-order valence-electron chi connectivity index (χ4n) is 1.36. The van der Waals surface area contributed by atoms with Crippen LogP contribution in [-0.4, -0.2) is 7.11 Å². The maximum absolute atomic E-state index is 5.73. The molecule has 1 aromatic carbocycles. The molecule has 0 bridgehead atoms. The molecule has 14 heavy (non-hydrogen) atoms. The van der Waals surface area contributed by atoms with Crippen LogP contribution in [0.2, 0.25) is 0 Å². The molecule has 1 atom stereocenters. The molecule has 0 saturated carbocycles. The van der Waals surface area contributed by atoms with E-state index >= 15 is 0 Å². The summed E-state index contributed by atoms with van der Waals surface area (Å²) in [5, 5.41) is 0. The van der Waals surface area contributed by atoms with Crippen LogP contribution in [0, 0.1) is 0 Å². The van der Waals surface area contributed by atoms with E-state index in [4.69, 9.17) is 16.3 Å². The monoisotopic (exact) mass is 195 g/mol. The number of rotatable bonds is 4. The highest BCUT2D eigenvalue weighted by atomic mass is 16.5. The number of hydrogen-bond acceptors (Lipinski definition) is 4. The van der Waals surface area contributed by atoms with Gasteiger partial charge in [0.15, 0.2) is 0 Å². The summed E-state index contributed by atoms with van der Waals surface area (Å²) in [6.45, 7) is 2.07. The maximum atomic E-state index is 5.73. The third-order valence-corrected chi connectivity index (χ3v) is 2.22. The van der Waals surface area contributed by atoms with Crippen LogP contribution in [0.1, 0.15) is 24.2 Å². The SMILES string of the molecule is CCc1cc(C(N)NN)ccc1OC. The van der Waals surface area contributed by atoms with Crippen molar-refractivity contribution >= 4 is 0 Å². The Morgan fingerprint density at radius 2 is 2.21 bits per heavy atom. The normalized spacial score (nSPS) is 12.6. The number of nitrogens with two attached hydrogens (primary N) is 2. The van der Waals surface area contributed by atoms with E-state index in [1.165, 1.54) is 0 Å². The molecule has 1 aromatic rings. The molecule has 4 nitrogen and oxygen atoms in total. The van der Waals surface area contributed by atoms with Gasteiger partial charge in [-0.05, 0) is 29.7 Å². The maximum Gasteiger partial charge on any atom is 0.122 e. The fraction of sp³-hybridized carbons (Fsp3) is 0.400. The Labute approximate surface area is 84.2 Å². The summed E-state index contributed by atoms with van der Waals surface area (Å²) >= 11 is 0. The van der Waals surface area contributed by atoms with Crippen LogP contribution >= 0.6 is 0 Å². The standard InChI is InChI=1S/C10H17N3O/c1-3-7-6-8(10(11)13-12)4-5-9(7)14-2/h4-6,10,13H,3,11-12H2,1-2H3. The number of methoxy groups -OCH3 is 1. The predicted molar refractivity (Wildman–Crippen MR) is 56.6 cm³/mol. The van der Waals surface area contributed by atoms with Crippen molar-refractivity contribution in [1.29, 1.82) is 0 Å². The van der Waals surface area contributed by atoms with E-state index in [0.29, 0.717) is 0 Å². The van der Waals surface area contributed by atoms with Gasteiger partial charge in [0.25, 0.3) is 0 Å². The number of hydrazine groups is 1. The number of nitrogens with one attached hydrogen (secondary N) is 1. The highest BCUT2D eigenvalue weighted by Gasteiger charge is 2.06. The molecular formula is C10H17N3O. The first-order chi connectivity index (χ1) is 6.72. The van der Waals surface area contributed by atoms with Crippen molar-refractivity contribution in [2.75, 3.05) is 7.11 Å². The number of ether oxygens (including phenoxy) is 1. The molecule has 5 N–H and O–H groups in total. The Balaban J connectivity index is 3.01. The van der Waals surface area contributed by atoms with Crippen molar-refractivity contribution in [2.45, 2.75) is 19.5 Å². The second-order valence-electron chi connectivity index (χ2n) is 3.07. The Bertz CT molecular complexity index is 301. The van der Waals surface area contributed by atoms with Gasteiger partial charge < -0.3 is 10.5 Å².